The molecule has 27 heavy (non-hydrogen) atoms. The molecule has 1 aromatic rings. The van der Waals surface area contributed by atoms with E-state index >= 15 is 0 Å². The Bertz CT molecular complexity index is 665. The van der Waals surface area contributed by atoms with E-state index in [2.05, 4.69) is 35.1 Å². The Morgan fingerprint density at radius 2 is 1.74 bits per heavy atom. The first-order chi connectivity index (χ1) is 12.3. The lowest BCUT2D eigenvalue weighted by Gasteiger charge is -2.46. The van der Waals surface area contributed by atoms with Crippen molar-refractivity contribution in [3.05, 3.63) is 34.3 Å². The summed E-state index contributed by atoms with van der Waals surface area (Å²) in [7, 11) is 0. The molecule has 1 fully saturated rings. The second-order valence-electron chi connectivity index (χ2n) is 6.81. The lowest BCUT2D eigenvalue weighted by Crippen LogP contribution is -2.63. The fourth-order valence-corrected chi connectivity index (χ4v) is 2.86. The van der Waals surface area contributed by atoms with Crippen LogP contribution in [-0.4, -0.2) is 67.9 Å². The molecule has 0 bridgehead atoms. The summed E-state index contributed by atoms with van der Waals surface area (Å²) in [5, 5.41) is 46.6. The van der Waals surface area contributed by atoms with Crippen LogP contribution < -0.4 is 5.32 Å². The fourth-order valence-electron chi connectivity index (χ4n) is 2.46. The molecule has 9 nitrogen and oxygen atoms in total. The molecule has 6 N–H and O–H groups in total. The number of carboxylic acids is 2. The van der Waals surface area contributed by atoms with Gasteiger partial charge in [0.1, 0.15) is 0 Å². The Labute approximate surface area is 164 Å². The van der Waals surface area contributed by atoms with Crippen molar-refractivity contribution in [3.63, 3.8) is 0 Å². The number of nitrogens with one attached hydrogen (secondary N) is 1. The van der Waals surface area contributed by atoms with Crippen molar-refractivity contribution in [2.45, 2.75) is 50.3 Å². The van der Waals surface area contributed by atoms with Gasteiger partial charge in [0, 0.05) is 15.6 Å². The van der Waals surface area contributed by atoms with Gasteiger partial charge in [0.05, 0.1) is 12.6 Å². The number of morpholine rings is 1. The molecule has 1 aliphatic heterocycles. The van der Waals surface area contributed by atoms with Crippen molar-refractivity contribution in [3.8, 4) is 0 Å². The van der Waals surface area contributed by atoms with E-state index in [0.717, 1.165) is 10.0 Å². The summed E-state index contributed by atoms with van der Waals surface area (Å²) in [5.74, 6) is -4.80. The third-order valence-corrected chi connectivity index (χ3v) is 4.38. The minimum Gasteiger partial charge on any atom is -0.479 e. The summed E-state index contributed by atoms with van der Waals surface area (Å²) < 4.78 is 6.64. The minimum absolute atomic E-state index is 0.113. The molecule has 0 aliphatic carbocycles. The third kappa shape index (κ3) is 6.23. The molecule has 152 valence electrons. The maximum absolute atomic E-state index is 10.7. The summed E-state index contributed by atoms with van der Waals surface area (Å²) in [6.07, 6.45) is -4.53. The van der Waals surface area contributed by atoms with Gasteiger partial charge in [-0.25, -0.2) is 9.59 Å². The van der Waals surface area contributed by atoms with Crippen LogP contribution in [0.3, 0.4) is 0 Å². The quantitative estimate of drug-likeness (QED) is 0.379. The Hall–Kier alpha value is -1.56. The average molecular weight is 450 g/mol. The highest BCUT2D eigenvalue weighted by atomic mass is 79.9. The number of aliphatic hydroxyl groups excluding tert-OH is 2. The number of hydrogen-bond donors (Lipinski definition) is 6. The SMILES string of the molecule is C[C@@H]1NC(C)(C)CO[C@@]1(O)c1cccc(Br)c1.O=C(O)[C@@H](O)[C@H](O)C(=O)O. The summed E-state index contributed by atoms with van der Waals surface area (Å²) >= 11 is 3.41. The van der Waals surface area contributed by atoms with E-state index in [1.165, 1.54) is 0 Å². The molecular formula is C17H24BrNO8. The molecule has 0 saturated carbocycles. The molecule has 1 aliphatic rings. The zero-order valence-electron chi connectivity index (χ0n) is 15.1. The van der Waals surface area contributed by atoms with E-state index in [-0.39, 0.29) is 11.6 Å². The average Bonchev–Trinajstić information content (AvgIpc) is 2.57. The first-order valence-corrected chi connectivity index (χ1v) is 8.81. The fraction of sp³-hybridized carbons (Fsp3) is 0.529. The molecule has 1 heterocycles. The number of carbonyl (C=O) groups is 2. The van der Waals surface area contributed by atoms with Crippen LogP contribution >= 0.6 is 15.9 Å². The predicted molar refractivity (Wildman–Crippen MR) is 98.0 cm³/mol. The topological polar surface area (TPSA) is 157 Å². The summed E-state index contributed by atoms with van der Waals surface area (Å²) in [6.45, 7) is 6.52. The van der Waals surface area contributed by atoms with Crippen LogP contribution in [0.15, 0.2) is 28.7 Å². The van der Waals surface area contributed by atoms with Gasteiger partial charge in [-0.15, -0.1) is 0 Å². The van der Waals surface area contributed by atoms with Gasteiger partial charge in [-0.1, -0.05) is 28.1 Å². The smallest absolute Gasteiger partial charge is 0.335 e. The number of rotatable bonds is 4. The molecular weight excluding hydrogens is 426 g/mol. The van der Waals surface area contributed by atoms with Crippen molar-refractivity contribution in [2.24, 2.45) is 0 Å². The van der Waals surface area contributed by atoms with Gasteiger partial charge < -0.3 is 35.6 Å². The molecule has 10 heteroatoms. The van der Waals surface area contributed by atoms with Crippen molar-refractivity contribution >= 4 is 27.9 Å². The number of ether oxygens (including phenoxy) is 1. The van der Waals surface area contributed by atoms with Crippen LogP contribution in [0.1, 0.15) is 26.3 Å². The van der Waals surface area contributed by atoms with Gasteiger partial charge in [-0.3, -0.25) is 0 Å². The minimum atomic E-state index is -2.27. The van der Waals surface area contributed by atoms with Gasteiger partial charge in [0.25, 0.3) is 0 Å². The number of carboxylic acid groups (broad SMARTS) is 2. The number of aliphatic hydroxyl groups is 3. The van der Waals surface area contributed by atoms with Crippen LogP contribution in [0, 0.1) is 0 Å². The van der Waals surface area contributed by atoms with Gasteiger partial charge >= 0.3 is 11.9 Å². The second kappa shape index (κ2) is 9.09. The van der Waals surface area contributed by atoms with E-state index in [1.807, 2.05) is 31.2 Å². The van der Waals surface area contributed by atoms with Crippen molar-refractivity contribution in [2.75, 3.05) is 6.61 Å². The number of halogens is 1. The first-order valence-electron chi connectivity index (χ1n) is 8.02. The van der Waals surface area contributed by atoms with E-state index in [0.29, 0.717) is 6.61 Å². The molecule has 0 unspecified atom stereocenters. The molecule has 0 aromatic heterocycles. The molecule has 1 saturated heterocycles. The molecule has 4 atom stereocenters. The van der Waals surface area contributed by atoms with Crippen LogP contribution in [-0.2, 0) is 20.1 Å². The maximum Gasteiger partial charge on any atom is 0.335 e. The Balaban J connectivity index is 0.000000314. The van der Waals surface area contributed by atoms with Gasteiger partial charge in [-0.05, 0) is 32.9 Å². The molecule has 0 radical (unpaired) electrons. The zero-order valence-corrected chi connectivity index (χ0v) is 16.7. The van der Waals surface area contributed by atoms with Crippen molar-refractivity contribution in [1.29, 1.82) is 0 Å². The molecule has 0 amide bonds. The van der Waals surface area contributed by atoms with E-state index in [1.54, 1.807) is 0 Å². The largest absolute Gasteiger partial charge is 0.479 e. The lowest BCUT2D eigenvalue weighted by atomic mass is 9.93. The van der Waals surface area contributed by atoms with Gasteiger partial charge in [-0.2, -0.15) is 0 Å². The molecule has 1 aromatic carbocycles. The van der Waals surface area contributed by atoms with Crippen LogP contribution in [0.5, 0.6) is 0 Å². The Kier molecular flexibility index (Phi) is 7.90. The van der Waals surface area contributed by atoms with Crippen LogP contribution in [0.2, 0.25) is 0 Å². The van der Waals surface area contributed by atoms with E-state index in [4.69, 9.17) is 25.2 Å². The van der Waals surface area contributed by atoms with Crippen LogP contribution in [0.4, 0.5) is 0 Å². The third-order valence-electron chi connectivity index (χ3n) is 3.89. The summed E-state index contributed by atoms with van der Waals surface area (Å²) in [6, 6.07) is 7.42. The maximum atomic E-state index is 10.7. The molecule has 0 spiro atoms. The van der Waals surface area contributed by atoms with Gasteiger partial charge in [0.2, 0.25) is 5.79 Å². The highest BCUT2D eigenvalue weighted by molar-refractivity contribution is 9.10. The van der Waals surface area contributed by atoms with Crippen LogP contribution in [0.25, 0.3) is 0 Å². The molecule has 2 rings (SSSR count). The van der Waals surface area contributed by atoms with E-state index in [9.17, 15) is 14.7 Å². The Morgan fingerprint density at radius 3 is 2.15 bits per heavy atom. The number of aliphatic carboxylic acids is 2. The normalized spacial score (nSPS) is 26.3. The summed E-state index contributed by atoms with van der Waals surface area (Å²) in [5.41, 5.74) is 0.653. The van der Waals surface area contributed by atoms with Gasteiger partial charge in [0.15, 0.2) is 12.2 Å². The standard InChI is InChI=1S/C13H18BrNO2.C4H6O6/c1-9-13(16,17-8-12(2,3)15-9)10-5-4-6-11(14)7-10;5-1(3(7)8)2(6)4(9)10/h4-7,9,15-16H,8H2,1-3H3;1-2,5-6H,(H,7,8)(H,9,10)/t9-,13+;1-,2-/m00/s1. The van der Waals surface area contributed by atoms with Crippen molar-refractivity contribution in [1.82, 2.24) is 5.32 Å². The monoisotopic (exact) mass is 449 g/mol. The predicted octanol–water partition coefficient (Wildman–Crippen LogP) is 0.258. The second-order valence-corrected chi connectivity index (χ2v) is 7.73. The van der Waals surface area contributed by atoms with E-state index < -0.39 is 29.9 Å². The highest BCUT2D eigenvalue weighted by Crippen LogP contribution is 2.33. The number of hydrogen-bond acceptors (Lipinski definition) is 7. The number of benzene rings is 1. The van der Waals surface area contributed by atoms with Crippen molar-refractivity contribution < 1.29 is 39.9 Å². The first kappa shape index (κ1) is 23.5. The zero-order chi connectivity index (χ0) is 21.0. The Morgan fingerprint density at radius 1 is 1.22 bits per heavy atom. The lowest BCUT2D eigenvalue weighted by molar-refractivity contribution is -0.263. The summed E-state index contributed by atoms with van der Waals surface area (Å²) in [4.78, 5) is 19.5. The highest BCUT2D eigenvalue weighted by Gasteiger charge is 2.44.